The summed E-state index contributed by atoms with van der Waals surface area (Å²) in [5, 5.41) is 1.71. The molecule has 1 fully saturated rings. The second-order valence-corrected chi connectivity index (χ2v) is 8.59. The van der Waals surface area contributed by atoms with E-state index in [9.17, 15) is 8.42 Å². The molecule has 6 nitrogen and oxygen atoms in total. The molecule has 1 aromatic heterocycles. The lowest BCUT2D eigenvalue weighted by molar-refractivity contribution is 0.431. The summed E-state index contributed by atoms with van der Waals surface area (Å²) in [7, 11) is -3.68. The van der Waals surface area contributed by atoms with E-state index in [2.05, 4.69) is 14.7 Å². The lowest BCUT2D eigenvalue weighted by Crippen LogP contribution is -2.44. The predicted molar refractivity (Wildman–Crippen MR) is 94.3 cm³/mol. The van der Waals surface area contributed by atoms with E-state index >= 15 is 0 Å². The number of aliphatic imine (C=N–C) groups is 1. The van der Waals surface area contributed by atoms with E-state index in [1.165, 1.54) is 11.8 Å². The maximum absolute atomic E-state index is 12.8. The highest BCUT2D eigenvalue weighted by atomic mass is 35.5. The number of aromatic nitrogens is 1. The Bertz CT molecular complexity index is 903. The molecule has 2 aliphatic rings. The predicted octanol–water partition coefficient (Wildman–Crippen LogP) is 2.29. The fraction of sp³-hybridized carbons (Fsp3) is 0.286. The van der Waals surface area contributed by atoms with Crippen LogP contribution in [-0.4, -0.2) is 46.6 Å². The van der Waals surface area contributed by atoms with E-state index in [4.69, 9.17) is 11.6 Å². The first-order chi connectivity index (χ1) is 11.0. The van der Waals surface area contributed by atoms with Crippen molar-refractivity contribution in [1.29, 1.82) is 0 Å². The van der Waals surface area contributed by atoms with Crippen molar-refractivity contribution in [2.24, 2.45) is 4.99 Å². The first kappa shape index (κ1) is 15.0. The van der Waals surface area contributed by atoms with Crippen LogP contribution in [0.3, 0.4) is 0 Å². The van der Waals surface area contributed by atoms with E-state index in [1.807, 2.05) is 12.1 Å². The summed E-state index contributed by atoms with van der Waals surface area (Å²) in [6.45, 7) is 0.641. The summed E-state index contributed by atoms with van der Waals surface area (Å²) in [4.78, 5) is 10.0. The van der Waals surface area contributed by atoms with Gasteiger partial charge in [-0.1, -0.05) is 29.4 Å². The third-order valence-corrected chi connectivity index (χ3v) is 6.94. The average Bonchev–Trinajstić information content (AvgIpc) is 3.06. The molecule has 0 amide bonds. The maximum atomic E-state index is 12.8. The second kappa shape index (κ2) is 5.54. The summed E-state index contributed by atoms with van der Waals surface area (Å²) in [5.41, 5.74) is -0.284. The number of alkyl halides is 1. The van der Waals surface area contributed by atoms with Crippen molar-refractivity contribution in [3.05, 3.63) is 36.7 Å². The Labute approximate surface area is 143 Å². The fourth-order valence-corrected chi connectivity index (χ4v) is 6.03. The van der Waals surface area contributed by atoms with Crippen LogP contribution in [-0.2, 0) is 10.0 Å². The van der Waals surface area contributed by atoms with Gasteiger partial charge in [-0.3, -0.25) is 9.71 Å². The van der Waals surface area contributed by atoms with Crippen LogP contribution in [0.2, 0.25) is 0 Å². The molecule has 23 heavy (non-hydrogen) atoms. The number of halogens is 1. The van der Waals surface area contributed by atoms with Gasteiger partial charge in [-0.15, -0.1) is 0 Å². The molecule has 0 spiro atoms. The van der Waals surface area contributed by atoms with Crippen LogP contribution < -0.4 is 4.72 Å². The highest BCUT2D eigenvalue weighted by molar-refractivity contribution is 8.14. The van der Waals surface area contributed by atoms with Gasteiger partial charge in [0, 0.05) is 35.8 Å². The Morgan fingerprint density at radius 1 is 1.30 bits per heavy atom. The third kappa shape index (κ3) is 2.64. The molecule has 2 unspecified atom stereocenters. The third-order valence-electron chi connectivity index (χ3n) is 3.80. The Hall–Kier alpha value is -1.51. The molecular weight excluding hydrogens is 356 g/mol. The van der Waals surface area contributed by atoms with Crippen LogP contribution in [0.15, 0.2) is 41.7 Å². The highest BCUT2D eigenvalue weighted by Crippen LogP contribution is 2.34. The first-order valence-corrected chi connectivity index (χ1v) is 9.98. The number of anilines is 1. The van der Waals surface area contributed by atoms with E-state index in [0.29, 0.717) is 17.4 Å². The van der Waals surface area contributed by atoms with Crippen LogP contribution in [0, 0.1) is 0 Å². The zero-order valence-corrected chi connectivity index (χ0v) is 14.3. The Balaban J connectivity index is 1.64. The summed E-state index contributed by atoms with van der Waals surface area (Å²) in [6.07, 6.45) is 3.41. The zero-order chi connectivity index (χ0) is 16.0. The largest absolute Gasteiger partial charge is 0.329 e. The summed E-state index contributed by atoms with van der Waals surface area (Å²) in [6, 6.07) is 7.18. The lowest BCUT2D eigenvalue weighted by atomic mass is 10.2. The number of nitrogens with one attached hydrogen (secondary N) is 1. The molecule has 0 saturated carbocycles. The summed E-state index contributed by atoms with van der Waals surface area (Å²) >= 11 is 7.69. The normalized spacial score (nSPS) is 23.9. The Morgan fingerprint density at radius 3 is 3.04 bits per heavy atom. The number of benzene rings is 1. The number of fused-ring (bicyclic) bond motifs is 2. The molecule has 4 rings (SSSR count). The van der Waals surface area contributed by atoms with Gasteiger partial charge in [0.15, 0.2) is 16.0 Å². The molecule has 2 atom stereocenters. The number of hydrogen-bond donors (Lipinski definition) is 1. The Morgan fingerprint density at radius 2 is 2.17 bits per heavy atom. The van der Waals surface area contributed by atoms with Gasteiger partial charge in [0.05, 0.1) is 0 Å². The van der Waals surface area contributed by atoms with Crippen LogP contribution >= 0.6 is 23.4 Å². The molecule has 120 valence electrons. The zero-order valence-electron chi connectivity index (χ0n) is 11.9. The number of sulfonamides is 1. The number of thioether (sulfide) groups is 1. The van der Waals surface area contributed by atoms with Gasteiger partial charge >= 0.3 is 0 Å². The molecule has 2 aliphatic heterocycles. The minimum atomic E-state index is -3.68. The number of amidine groups is 1. The number of hydrogen-bond acceptors (Lipinski definition) is 6. The molecule has 2 aromatic rings. The summed E-state index contributed by atoms with van der Waals surface area (Å²) in [5.74, 6) is 0.831. The summed E-state index contributed by atoms with van der Waals surface area (Å²) < 4.78 is 28.2. The average molecular weight is 369 g/mol. The minimum Gasteiger partial charge on any atom is -0.329 e. The number of rotatable bonds is 3. The topological polar surface area (TPSA) is 74.7 Å². The SMILES string of the molecule is O=S(=O)(Nc1ccc2cnccc2c1)C1C(Cl)N=C2SCCN21. The van der Waals surface area contributed by atoms with Gasteiger partial charge in [-0.2, -0.15) is 0 Å². The lowest BCUT2D eigenvalue weighted by Gasteiger charge is -2.24. The highest BCUT2D eigenvalue weighted by Gasteiger charge is 2.46. The van der Waals surface area contributed by atoms with E-state index < -0.39 is 20.9 Å². The number of nitrogens with zero attached hydrogens (tertiary/aromatic N) is 3. The quantitative estimate of drug-likeness (QED) is 0.664. The van der Waals surface area contributed by atoms with Gasteiger partial charge in [0.25, 0.3) is 10.0 Å². The van der Waals surface area contributed by atoms with Crippen molar-refractivity contribution < 1.29 is 8.42 Å². The molecule has 1 N–H and O–H groups in total. The minimum absolute atomic E-state index is 0.507. The molecule has 3 heterocycles. The molecule has 9 heteroatoms. The van der Waals surface area contributed by atoms with E-state index in [1.54, 1.807) is 29.4 Å². The van der Waals surface area contributed by atoms with Crippen molar-refractivity contribution in [3.8, 4) is 0 Å². The van der Waals surface area contributed by atoms with E-state index in [-0.39, 0.29) is 0 Å². The standard InChI is InChI=1S/C14H13ClN4O2S2/c15-12-13(19-5-6-22-14(19)17-12)23(20,21)18-11-2-1-10-8-16-4-3-9(10)7-11/h1-4,7-8,12-13,18H,5-6H2. The van der Waals surface area contributed by atoms with Crippen LogP contribution in [0.25, 0.3) is 10.8 Å². The fourth-order valence-electron chi connectivity index (χ4n) is 2.77. The van der Waals surface area contributed by atoms with E-state index in [0.717, 1.165) is 16.5 Å². The van der Waals surface area contributed by atoms with Crippen LogP contribution in [0.1, 0.15) is 0 Å². The van der Waals surface area contributed by atoms with Crippen LogP contribution in [0.4, 0.5) is 5.69 Å². The molecule has 1 saturated heterocycles. The van der Waals surface area contributed by atoms with Crippen LogP contribution in [0.5, 0.6) is 0 Å². The Kier molecular flexibility index (Phi) is 3.62. The molecular formula is C14H13ClN4O2S2. The van der Waals surface area contributed by atoms with Crippen molar-refractivity contribution in [1.82, 2.24) is 9.88 Å². The van der Waals surface area contributed by atoms with Gasteiger partial charge in [0.1, 0.15) is 0 Å². The molecule has 0 aliphatic carbocycles. The van der Waals surface area contributed by atoms with Gasteiger partial charge < -0.3 is 4.90 Å². The van der Waals surface area contributed by atoms with Gasteiger partial charge in [0.2, 0.25) is 0 Å². The van der Waals surface area contributed by atoms with Crippen molar-refractivity contribution in [2.75, 3.05) is 17.0 Å². The van der Waals surface area contributed by atoms with Gasteiger partial charge in [-0.05, 0) is 23.6 Å². The van der Waals surface area contributed by atoms with Crippen molar-refractivity contribution in [3.63, 3.8) is 0 Å². The number of pyridine rings is 1. The van der Waals surface area contributed by atoms with Crippen molar-refractivity contribution in [2.45, 2.75) is 10.9 Å². The molecule has 0 radical (unpaired) electrons. The maximum Gasteiger partial charge on any atom is 0.257 e. The smallest absolute Gasteiger partial charge is 0.257 e. The second-order valence-electron chi connectivity index (χ2n) is 5.30. The molecule has 0 bridgehead atoms. The molecule has 1 aromatic carbocycles. The van der Waals surface area contributed by atoms with Gasteiger partial charge in [-0.25, -0.2) is 13.4 Å². The van der Waals surface area contributed by atoms with Crippen molar-refractivity contribution >= 4 is 55.0 Å². The monoisotopic (exact) mass is 368 g/mol. The first-order valence-electron chi connectivity index (χ1n) is 7.01.